The Hall–Kier alpha value is -2.43. The van der Waals surface area contributed by atoms with E-state index in [9.17, 15) is 4.79 Å². The molecule has 2 N–H and O–H groups in total. The molecule has 102 valence electrons. The Bertz CT molecular complexity index is 723. The van der Waals surface area contributed by atoms with Gasteiger partial charge in [-0.05, 0) is 32.0 Å². The molecule has 5 nitrogen and oxygen atoms in total. The van der Waals surface area contributed by atoms with Gasteiger partial charge in [-0.15, -0.1) is 0 Å². The van der Waals surface area contributed by atoms with Crippen molar-refractivity contribution in [3.05, 3.63) is 35.7 Å². The summed E-state index contributed by atoms with van der Waals surface area (Å²) in [5, 5.41) is 0. The average Bonchev–Trinajstić information content (AvgIpc) is 2.44. The quantitative estimate of drug-likeness (QED) is 0.858. The Morgan fingerprint density at radius 3 is 2.65 bits per heavy atom. The second-order valence-electron chi connectivity index (χ2n) is 5.35. The Balaban J connectivity index is 2.38. The van der Waals surface area contributed by atoms with Crippen molar-refractivity contribution in [2.24, 2.45) is 0 Å². The number of Topliss-reactive ketones (excluding diaryl/α,β-unsaturated/α-hetero) is 1. The Morgan fingerprint density at radius 2 is 1.95 bits per heavy atom. The molecule has 0 radical (unpaired) electrons. The van der Waals surface area contributed by atoms with E-state index in [1.54, 1.807) is 13.2 Å². The topological polar surface area (TPSA) is 78.1 Å². The summed E-state index contributed by atoms with van der Waals surface area (Å²) in [6, 6.07) is 5.40. The molecule has 1 aliphatic rings. The number of hydrogen-bond acceptors (Lipinski definition) is 5. The predicted octanol–water partition coefficient (Wildman–Crippen LogP) is 2.21. The summed E-state index contributed by atoms with van der Waals surface area (Å²) in [5.74, 6) is 1.01. The van der Waals surface area contributed by atoms with Crippen molar-refractivity contribution in [1.82, 2.24) is 9.97 Å². The van der Waals surface area contributed by atoms with Gasteiger partial charge in [-0.1, -0.05) is 0 Å². The molecule has 0 saturated carbocycles. The van der Waals surface area contributed by atoms with E-state index >= 15 is 0 Å². The number of ether oxygens (including phenoxy) is 1. The Morgan fingerprint density at radius 1 is 1.20 bits per heavy atom. The number of anilines is 1. The zero-order valence-corrected chi connectivity index (χ0v) is 11.6. The third-order valence-electron chi connectivity index (χ3n) is 3.80. The molecule has 5 heteroatoms. The highest BCUT2D eigenvalue weighted by Gasteiger charge is 2.41. The van der Waals surface area contributed by atoms with E-state index in [0.29, 0.717) is 22.7 Å². The second-order valence-corrected chi connectivity index (χ2v) is 5.35. The summed E-state index contributed by atoms with van der Waals surface area (Å²) < 4.78 is 5.20. The maximum absolute atomic E-state index is 12.8. The van der Waals surface area contributed by atoms with E-state index in [2.05, 4.69) is 9.97 Å². The minimum Gasteiger partial charge on any atom is -0.497 e. The lowest BCUT2D eigenvalue weighted by molar-refractivity contribution is 0.0906. The number of carbonyl (C=O) groups excluding carboxylic acids is 1. The van der Waals surface area contributed by atoms with E-state index in [1.807, 2.05) is 26.0 Å². The number of rotatable bonds is 1. The van der Waals surface area contributed by atoms with Crippen LogP contribution >= 0.6 is 0 Å². The fourth-order valence-electron chi connectivity index (χ4n) is 2.71. The normalized spacial score (nSPS) is 15.4. The first kappa shape index (κ1) is 12.6. The number of hydrogen-bond donors (Lipinski definition) is 1. The van der Waals surface area contributed by atoms with E-state index < -0.39 is 5.41 Å². The average molecular weight is 269 g/mol. The van der Waals surface area contributed by atoms with Crippen LogP contribution in [0.2, 0.25) is 0 Å². The molecule has 0 amide bonds. The van der Waals surface area contributed by atoms with E-state index in [4.69, 9.17) is 10.5 Å². The van der Waals surface area contributed by atoms with Gasteiger partial charge in [-0.3, -0.25) is 4.79 Å². The summed E-state index contributed by atoms with van der Waals surface area (Å²) in [6.45, 7) is 3.69. The van der Waals surface area contributed by atoms with Crippen molar-refractivity contribution < 1.29 is 9.53 Å². The summed E-state index contributed by atoms with van der Waals surface area (Å²) in [4.78, 5) is 21.1. The SMILES string of the molecule is COc1ccc2c(c1)C(=O)C(C)(C)c1c(N)ncnc1-2. The van der Waals surface area contributed by atoms with Crippen molar-refractivity contribution in [3.63, 3.8) is 0 Å². The largest absolute Gasteiger partial charge is 0.497 e. The summed E-state index contributed by atoms with van der Waals surface area (Å²) >= 11 is 0. The highest BCUT2D eigenvalue weighted by atomic mass is 16.5. The molecule has 0 spiro atoms. The molecule has 20 heavy (non-hydrogen) atoms. The lowest BCUT2D eigenvalue weighted by Crippen LogP contribution is -2.35. The molecule has 0 saturated heterocycles. The molecular weight excluding hydrogens is 254 g/mol. The molecule has 1 aromatic carbocycles. The molecule has 1 aromatic heterocycles. The van der Waals surface area contributed by atoms with Gasteiger partial charge >= 0.3 is 0 Å². The van der Waals surface area contributed by atoms with Crippen LogP contribution in [0.4, 0.5) is 5.82 Å². The fourth-order valence-corrected chi connectivity index (χ4v) is 2.71. The van der Waals surface area contributed by atoms with Crippen molar-refractivity contribution in [3.8, 4) is 17.0 Å². The summed E-state index contributed by atoms with van der Waals surface area (Å²) in [7, 11) is 1.58. The third-order valence-corrected chi connectivity index (χ3v) is 3.80. The molecule has 1 heterocycles. The van der Waals surface area contributed by atoms with Gasteiger partial charge in [-0.25, -0.2) is 9.97 Å². The number of nitrogen functional groups attached to an aromatic ring is 1. The number of nitrogens with two attached hydrogens (primary N) is 1. The second kappa shape index (κ2) is 4.03. The molecule has 0 atom stereocenters. The molecule has 0 fully saturated rings. The minimum absolute atomic E-state index is 0.000370. The lowest BCUT2D eigenvalue weighted by atomic mass is 9.71. The number of carbonyl (C=O) groups is 1. The van der Waals surface area contributed by atoms with Gasteiger partial charge in [0.15, 0.2) is 5.78 Å². The number of nitrogens with zero attached hydrogens (tertiary/aromatic N) is 2. The van der Waals surface area contributed by atoms with Crippen molar-refractivity contribution >= 4 is 11.6 Å². The number of ketones is 1. The summed E-state index contributed by atoms with van der Waals surface area (Å²) in [5.41, 5.74) is 8.02. The number of aromatic nitrogens is 2. The fraction of sp³-hybridized carbons (Fsp3) is 0.267. The van der Waals surface area contributed by atoms with Crippen LogP contribution in [-0.4, -0.2) is 22.9 Å². The number of benzene rings is 1. The third kappa shape index (κ3) is 1.52. The molecule has 2 aromatic rings. The van der Waals surface area contributed by atoms with Crippen molar-refractivity contribution in [1.29, 1.82) is 0 Å². The number of methoxy groups -OCH3 is 1. The van der Waals surface area contributed by atoms with Crippen molar-refractivity contribution in [2.45, 2.75) is 19.3 Å². The van der Waals surface area contributed by atoms with E-state index in [-0.39, 0.29) is 5.78 Å². The first-order chi connectivity index (χ1) is 9.46. The predicted molar refractivity (Wildman–Crippen MR) is 75.8 cm³/mol. The van der Waals surface area contributed by atoms with Gasteiger partial charge in [0.05, 0.1) is 18.2 Å². The molecule has 0 aliphatic heterocycles. The molecule has 1 aliphatic carbocycles. The van der Waals surface area contributed by atoms with Gasteiger partial charge in [0.25, 0.3) is 0 Å². The van der Waals surface area contributed by atoms with Gasteiger partial charge < -0.3 is 10.5 Å². The summed E-state index contributed by atoms with van der Waals surface area (Å²) in [6.07, 6.45) is 1.42. The van der Waals surface area contributed by atoms with E-state index in [1.165, 1.54) is 6.33 Å². The maximum Gasteiger partial charge on any atom is 0.173 e. The van der Waals surface area contributed by atoms with E-state index in [0.717, 1.165) is 11.3 Å². The van der Waals surface area contributed by atoms with Crippen molar-refractivity contribution in [2.75, 3.05) is 12.8 Å². The molecular formula is C15H15N3O2. The van der Waals surface area contributed by atoms with Crippen LogP contribution in [0, 0.1) is 0 Å². The molecule has 0 bridgehead atoms. The molecule has 0 unspecified atom stereocenters. The van der Waals surface area contributed by atoms with Crippen LogP contribution in [-0.2, 0) is 5.41 Å². The smallest absolute Gasteiger partial charge is 0.173 e. The molecule has 3 rings (SSSR count). The zero-order valence-electron chi connectivity index (χ0n) is 11.6. The minimum atomic E-state index is -0.750. The Labute approximate surface area is 116 Å². The monoisotopic (exact) mass is 269 g/mol. The van der Waals surface area contributed by atoms with Gasteiger partial charge in [0, 0.05) is 16.7 Å². The highest BCUT2D eigenvalue weighted by Crippen LogP contribution is 2.44. The van der Waals surface area contributed by atoms with Crippen LogP contribution in [0.1, 0.15) is 29.8 Å². The zero-order chi connectivity index (χ0) is 14.5. The lowest BCUT2D eigenvalue weighted by Gasteiger charge is -2.32. The van der Waals surface area contributed by atoms with Crippen LogP contribution in [0.3, 0.4) is 0 Å². The first-order valence-electron chi connectivity index (χ1n) is 6.31. The van der Waals surface area contributed by atoms with Gasteiger partial charge in [0.1, 0.15) is 17.9 Å². The highest BCUT2D eigenvalue weighted by molar-refractivity contribution is 6.12. The maximum atomic E-state index is 12.8. The standard InChI is InChI=1S/C15H15N3O2/c1-15(2)11-12(17-7-18-14(11)16)9-5-4-8(20-3)6-10(9)13(15)19/h4-7H,1-3H3,(H2,16,17,18). The number of fused-ring (bicyclic) bond motifs is 3. The van der Waals surface area contributed by atoms with Crippen LogP contribution < -0.4 is 10.5 Å². The Kier molecular flexibility index (Phi) is 2.54. The van der Waals surface area contributed by atoms with Gasteiger partial charge in [-0.2, -0.15) is 0 Å². The van der Waals surface area contributed by atoms with Gasteiger partial charge in [0.2, 0.25) is 0 Å². The van der Waals surface area contributed by atoms with Crippen LogP contribution in [0.15, 0.2) is 24.5 Å². The van der Waals surface area contributed by atoms with Crippen LogP contribution in [0.5, 0.6) is 5.75 Å². The first-order valence-corrected chi connectivity index (χ1v) is 6.31. The van der Waals surface area contributed by atoms with Crippen LogP contribution in [0.25, 0.3) is 11.3 Å².